The number of phenols is 1. The highest BCUT2D eigenvalue weighted by Crippen LogP contribution is 2.23. The van der Waals surface area contributed by atoms with Gasteiger partial charge in [0.1, 0.15) is 11.5 Å². The Morgan fingerprint density at radius 1 is 1.25 bits per heavy atom. The maximum atomic E-state index is 12.4. The smallest absolute Gasteiger partial charge is 0.255 e. The van der Waals surface area contributed by atoms with E-state index >= 15 is 0 Å². The largest absolute Gasteiger partial charge is 0.507 e. The molecule has 0 heterocycles. The zero-order valence-electron chi connectivity index (χ0n) is 14.5. The van der Waals surface area contributed by atoms with Crippen LogP contribution < -0.4 is 10.1 Å². The molecular weight excluding hydrogens is 304 g/mol. The molecule has 2 rings (SSSR count). The first-order valence-corrected chi connectivity index (χ1v) is 7.80. The molecule has 0 saturated carbocycles. The summed E-state index contributed by atoms with van der Waals surface area (Å²) in [6, 6.07) is 12.8. The van der Waals surface area contributed by atoms with E-state index < -0.39 is 0 Å². The van der Waals surface area contributed by atoms with Crippen LogP contribution in [0.15, 0.2) is 42.5 Å². The first-order chi connectivity index (χ1) is 11.4. The molecule has 24 heavy (non-hydrogen) atoms. The summed E-state index contributed by atoms with van der Waals surface area (Å²) in [4.78, 5) is 14.4. The third-order valence-electron chi connectivity index (χ3n) is 3.95. The number of amides is 1. The molecule has 1 atom stereocenters. The van der Waals surface area contributed by atoms with Crippen molar-refractivity contribution in [1.82, 2.24) is 10.2 Å². The van der Waals surface area contributed by atoms with Crippen LogP contribution in [-0.2, 0) is 0 Å². The summed E-state index contributed by atoms with van der Waals surface area (Å²) in [5.74, 6) is 0.480. The zero-order valence-corrected chi connectivity index (χ0v) is 14.5. The number of carbonyl (C=O) groups is 1. The normalized spacial score (nSPS) is 12.0. The minimum absolute atomic E-state index is 0.00370. The van der Waals surface area contributed by atoms with E-state index in [2.05, 4.69) is 5.32 Å². The predicted molar refractivity (Wildman–Crippen MR) is 94.6 cm³/mol. The molecule has 0 bridgehead atoms. The number of nitrogens with one attached hydrogen (secondary N) is 1. The fourth-order valence-electron chi connectivity index (χ4n) is 2.56. The van der Waals surface area contributed by atoms with Crippen LogP contribution in [-0.4, -0.2) is 43.7 Å². The average Bonchev–Trinajstić information content (AvgIpc) is 2.57. The van der Waals surface area contributed by atoms with Gasteiger partial charge in [0.05, 0.1) is 18.7 Å². The predicted octanol–water partition coefficient (Wildman–Crippen LogP) is 2.74. The SMILES string of the molecule is COc1cccc(C(CNC(=O)c2cc(C)ccc2O)N(C)C)c1. The minimum Gasteiger partial charge on any atom is -0.507 e. The second-order valence-electron chi connectivity index (χ2n) is 5.99. The number of aryl methyl sites for hydroxylation is 1. The number of aromatic hydroxyl groups is 1. The third kappa shape index (κ3) is 4.26. The average molecular weight is 328 g/mol. The zero-order chi connectivity index (χ0) is 17.7. The highest BCUT2D eigenvalue weighted by Gasteiger charge is 2.18. The Morgan fingerprint density at radius 2 is 2.00 bits per heavy atom. The summed E-state index contributed by atoms with van der Waals surface area (Å²) in [5, 5.41) is 12.8. The highest BCUT2D eigenvalue weighted by atomic mass is 16.5. The monoisotopic (exact) mass is 328 g/mol. The van der Waals surface area contributed by atoms with Crippen LogP contribution in [0, 0.1) is 6.92 Å². The fraction of sp³-hybridized carbons (Fsp3) is 0.316. The van der Waals surface area contributed by atoms with Crippen LogP contribution in [0.5, 0.6) is 11.5 Å². The summed E-state index contributed by atoms with van der Waals surface area (Å²) in [6.07, 6.45) is 0. The number of ether oxygens (including phenoxy) is 1. The Balaban J connectivity index is 2.14. The molecule has 2 aromatic carbocycles. The standard InChI is InChI=1S/C19H24N2O3/c1-13-8-9-18(22)16(10-13)19(23)20-12-17(21(2)3)14-6-5-7-15(11-14)24-4/h5-11,17,22H,12H2,1-4H3,(H,20,23). The van der Waals surface area contributed by atoms with Crippen LogP contribution in [0.2, 0.25) is 0 Å². The van der Waals surface area contributed by atoms with E-state index in [1.54, 1.807) is 19.2 Å². The van der Waals surface area contributed by atoms with Crippen molar-refractivity contribution in [2.75, 3.05) is 27.7 Å². The molecule has 1 amide bonds. The van der Waals surface area contributed by atoms with Gasteiger partial charge in [0, 0.05) is 6.54 Å². The molecule has 0 aliphatic heterocycles. The lowest BCUT2D eigenvalue weighted by atomic mass is 10.0. The second-order valence-corrected chi connectivity index (χ2v) is 5.99. The van der Waals surface area contributed by atoms with Crippen molar-refractivity contribution < 1.29 is 14.6 Å². The molecule has 1 unspecified atom stereocenters. The van der Waals surface area contributed by atoms with Crippen LogP contribution in [0.1, 0.15) is 27.5 Å². The number of nitrogens with zero attached hydrogens (tertiary/aromatic N) is 1. The van der Waals surface area contributed by atoms with Gasteiger partial charge in [0.25, 0.3) is 5.91 Å². The molecule has 0 spiro atoms. The van der Waals surface area contributed by atoms with Crippen LogP contribution in [0.3, 0.4) is 0 Å². The molecule has 2 N–H and O–H groups in total. The Hall–Kier alpha value is -2.53. The number of carbonyl (C=O) groups excluding carboxylic acids is 1. The van der Waals surface area contributed by atoms with Gasteiger partial charge in [0.2, 0.25) is 0 Å². The van der Waals surface area contributed by atoms with Gasteiger partial charge in [-0.25, -0.2) is 0 Å². The van der Waals surface area contributed by atoms with E-state index in [4.69, 9.17) is 4.74 Å². The summed E-state index contributed by atoms with van der Waals surface area (Å²) >= 11 is 0. The van der Waals surface area contributed by atoms with Crippen molar-refractivity contribution in [3.63, 3.8) is 0 Å². The lowest BCUT2D eigenvalue weighted by Gasteiger charge is -2.25. The Labute approximate surface area is 142 Å². The molecular formula is C19H24N2O3. The lowest BCUT2D eigenvalue weighted by molar-refractivity contribution is 0.0939. The number of phenolic OH excluding ortho intramolecular Hbond substituents is 1. The van der Waals surface area contributed by atoms with Crippen molar-refractivity contribution in [3.05, 3.63) is 59.2 Å². The van der Waals surface area contributed by atoms with E-state index in [1.807, 2.05) is 50.2 Å². The lowest BCUT2D eigenvalue weighted by Crippen LogP contribution is -2.34. The number of rotatable bonds is 6. The van der Waals surface area contributed by atoms with E-state index in [9.17, 15) is 9.90 Å². The molecule has 0 radical (unpaired) electrons. The van der Waals surface area contributed by atoms with Gasteiger partial charge < -0.3 is 20.1 Å². The van der Waals surface area contributed by atoms with E-state index in [-0.39, 0.29) is 23.3 Å². The molecule has 0 aliphatic carbocycles. The second kappa shape index (κ2) is 7.84. The van der Waals surface area contributed by atoms with Gasteiger partial charge in [-0.3, -0.25) is 4.79 Å². The van der Waals surface area contributed by atoms with Gasteiger partial charge >= 0.3 is 0 Å². The van der Waals surface area contributed by atoms with Crippen LogP contribution in [0.25, 0.3) is 0 Å². The molecule has 5 heteroatoms. The van der Waals surface area contributed by atoms with Crippen LogP contribution in [0.4, 0.5) is 0 Å². The first-order valence-electron chi connectivity index (χ1n) is 7.80. The maximum absolute atomic E-state index is 12.4. The topological polar surface area (TPSA) is 61.8 Å². The summed E-state index contributed by atoms with van der Waals surface area (Å²) in [6.45, 7) is 2.31. The van der Waals surface area contributed by atoms with Gasteiger partial charge in [-0.05, 0) is 50.8 Å². The van der Waals surface area contributed by atoms with Crippen molar-refractivity contribution in [3.8, 4) is 11.5 Å². The molecule has 2 aromatic rings. The molecule has 5 nitrogen and oxygen atoms in total. The van der Waals surface area contributed by atoms with Gasteiger partial charge in [-0.2, -0.15) is 0 Å². The molecule has 128 valence electrons. The summed E-state index contributed by atoms with van der Waals surface area (Å²) in [5.41, 5.74) is 2.26. The first kappa shape index (κ1) is 17.8. The number of hydrogen-bond acceptors (Lipinski definition) is 4. The number of methoxy groups -OCH3 is 1. The van der Waals surface area contributed by atoms with Crippen molar-refractivity contribution >= 4 is 5.91 Å². The molecule has 0 aliphatic rings. The quantitative estimate of drug-likeness (QED) is 0.856. The minimum atomic E-state index is -0.286. The molecule has 0 fully saturated rings. The van der Waals surface area contributed by atoms with Gasteiger partial charge in [-0.1, -0.05) is 23.8 Å². The van der Waals surface area contributed by atoms with Gasteiger partial charge in [-0.15, -0.1) is 0 Å². The molecule has 0 saturated heterocycles. The summed E-state index contributed by atoms with van der Waals surface area (Å²) < 4.78 is 5.27. The number of hydrogen-bond donors (Lipinski definition) is 2. The van der Waals surface area contributed by atoms with E-state index in [0.717, 1.165) is 16.9 Å². The number of likely N-dealkylation sites (N-methyl/N-ethyl adjacent to an activating group) is 1. The Kier molecular flexibility index (Phi) is 5.82. The van der Waals surface area contributed by atoms with E-state index in [0.29, 0.717) is 6.54 Å². The van der Waals surface area contributed by atoms with E-state index in [1.165, 1.54) is 6.07 Å². The Bertz CT molecular complexity index is 714. The Morgan fingerprint density at radius 3 is 2.67 bits per heavy atom. The van der Waals surface area contributed by atoms with Crippen molar-refractivity contribution in [2.24, 2.45) is 0 Å². The molecule has 0 aromatic heterocycles. The van der Waals surface area contributed by atoms with Crippen molar-refractivity contribution in [1.29, 1.82) is 0 Å². The number of benzene rings is 2. The fourth-order valence-corrected chi connectivity index (χ4v) is 2.56. The third-order valence-corrected chi connectivity index (χ3v) is 3.95. The van der Waals surface area contributed by atoms with Crippen molar-refractivity contribution in [2.45, 2.75) is 13.0 Å². The maximum Gasteiger partial charge on any atom is 0.255 e. The highest BCUT2D eigenvalue weighted by molar-refractivity contribution is 5.97. The van der Waals surface area contributed by atoms with Gasteiger partial charge in [0.15, 0.2) is 0 Å². The van der Waals surface area contributed by atoms with Crippen LogP contribution >= 0.6 is 0 Å². The summed E-state index contributed by atoms with van der Waals surface area (Å²) in [7, 11) is 5.55.